The smallest absolute Gasteiger partial charge is 0.256 e. The number of carbonyl (C=O) groups excluding carboxylic acids is 1. The molecular formula is C23H16BrClN2O2. The lowest BCUT2D eigenvalue weighted by Gasteiger charge is -2.11. The quantitative estimate of drug-likeness (QED) is 0.352. The summed E-state index contributed by atoms with van der Waals surface area (Å²) < 4.78 is 6.94. The highest BCUT2D eigenvalue weighted by Crippen LogP contribution is 2.30. The maximum atomic E-state index is 13.0. The molecule has 0 radical (unpaired) electrons. The van der Waals surface area contributed by atoms with E-state index in [2.05, 4.69) is 26.2 Å². The van der Waals surface area contributed by atoms with E-state index in [1.54, 1.807) is 24.4 Å². The lowest BCUT2D eigenvalue weighted by molar-refractivity contribution is 0.102. The zero-order valence-corrected chi connectivity index (χ0v) is 17.8. The van der Waals surface area contributed by atoms with Crippen molar-refractivity contribution in [2.45, 2.75) is 6.92 Å². The molecule has 0 fully saturated rings. The van der Waals surface area contributed by atoms with Crippen molar-refractivity contribution in [3.8, 4) is 22.8 Å². The molecule has 0 saturated heterocycles. The normalized spacial score (nSPS) is 10.7. The maximum Gasteiger partial charge on any atom is 0.256 e. The van der Waals surface area contributed by atoms with E-state index in [1.807, 2.05) is 55.5 Å². The van der Waals surface area contributed by atoms with E-state index in [4.69, 9.17) is 16.0 Å². The highest BCUT2D eigenvalue weighted by atomic mass is 79.9. The Bertz CT molecular complexity index is 1190. The fraction of sp³-hybridized carbons (Fsp3) is 0.0435. The third kappa shape index (κ3) is 4.11. The second kappa shape index (κ2) is 8.23. The molecule has 0 saturated carbocycles. The fourth-order valence-corrected chi connectivity index (χ4v) is 3.39. The molecule has 4 nitrogen and oxygen atoms in total. The first-order valence-electron chi connectivity index (χ1n) is 8.90. The van der Waals surface area contributed by atoms with Crippen LogP contribution in [0.25, 0.3) is 22.8 Å². The molecule has 1 heterocycles. The van der Waals surface area contributed by atoms with Crippen molar-refractivity contribution in [2.75, 3.05) is 5.32 Å². The number of carbonyl (C=O) groups is 1. The van der Waals surface area contributed by atoms with Gasteiger partial charge in [-0.05, 0) is 48.9 Å². The molecule has 0 spiro atoms. The van der Waals surface area contributed by atoms with Gasteiger partial charge in [-0.15, -0.1) is 0 Å². The van der Waals surface area contributed by atoms with Gasteiger partial charge in [-0.3, -0.25) is 4.79 Å². The van der Waals surface area contributed by atoms with E-state index < -0.39 is 0 Å². The van der Waals surface area contributed by atoms with Gasteiger partial charge in [0.05, 0.1) is 11.8 Å². The first-order valence-corrected chi connectivity index (χ1v) is 10.1. The number of anilines is 1. The topological polar surface area (TPSA) is 55.1 Å². The molecule has 29 heavy (non-hydrogen) atoms. The zero-order valence-electron chi connectivity index (χ0n) is 15.4. The Balaban J connectivity index is 1.66. The lowest BCUT2D eigenvalue weighted by atomic mass is 10.1. The Kier molecular flexibility index (Phi) is 5.51. The minimum atomic E-state index is -0.255. The first kappa shape index (κ1) is 19.4. The van der Waals surface area contributed by atoms with Gasteiger partial charge < -0.3 is 9.73 Å². The summed E-state index contributed by atoms with van der Waals surface area (Å²) in [5, 5.41) is 3.52. The van der Waals surface area contributed by atoms with E-state index in [1.165, 1.54) is 0 Å². The van der Waals surface area contributed by atoms with Crippen LogP contribution in [-0.4, -0.2) is 10.9 Å². The van der Waals surface area contributed by atoms with Crippen LogP contribution in [0.15, 0.2) is 81.8 Å². The van der Waals surface area contributed by atoms with Crippen LogP contribution in [0.4, 0.5) is 5.69 Å². The van der Waals surface area contributed by atoms with Crippen LogP contribution in [0, 0.1) is 6.92 Å². The van der Waals surface area contributed by atoms with Crippen LogP contribution in [0.1, 0.15) is 15.9 Å². The molecule has 144 valence electrons. The number of rotatable bonds is 4. The molecule has 0 aliphatic heterocycles. The van der Waals surface area contributed by atoms with Crippen molar-refractivity contribution in [3.05, 3.63) is 93.5 Å². The van der Waals surface area contributed by atoms with Crippen LogP contribution < -0.4 is 5.32 Å². The van der Waals surface area contributed by atoms with Crippen molar-refractivity contribution >= 4 is 39.1 Å². The van der Waals surface area contributed by atoms with E-state index in [0.717, 1.165) is 15.6 Å². The number of halogens is 2. The molecule has 0 atom stereocenters. The monoisotopic (exact) mass is 466 g/mol. The number of hydrogen-bond acceptors (Lipinski definition) is 3. The Morgan fingerprint density at radius 2 is 1.79 bits per heavy atom. The Labute approximate surface area is 181 Å². The SMILES string of the molecule is Cc1c(Cl)cccc1NC(=O)c1ccccc1-c1ncc(-c2ccc(Br)cc2)o1. The standard InChI is InChI=1S/C23H16BrClN2O2/c1-14-19(25)7-4-8-20(14)27-22(28)17-5-2-3-6-18(17)23-26-13-21(29-23)15-9-11-16(24)12-10-15/h2-13H,1H3,(H,27,28). The van der Waals surface area contributed by atoms with Crippen LogP contribution in [-0.2, 0) is 0 Å². The van der Waals surface area contributed by atoms with E-state index in [-0.39, 0.29) is 5.91 Å². The van der Waals surface area contributed by atoms with Gasteiger partial charge >= 0.3 is 0 Å². The predicted octanol–water partition coefficient (Wildman–Crippen LogP) is 6.99. The minimum absolute atomic E-state index is 0.255. The second-order valence-electron chi connectivity index (χ2n) is 6.45. The summed E-state index contributed by atoms with van der Waals surface area (Å²) >= 11 is 9.58. The lowest BCUT2D eigenvalue weighted by Crippen LogP contribution is -2.14. The summed E-state index contributed by atoms with van der Waals surface area (Å²) in [5.74, 6) is 0.763. The molecule has 0 bridgehead atoms. The summed E-state index contributed by atoms with van der Waals surface area (Å²) in [4.78, 5) is 17.3. The van der Waals surface area contributed by atoms with Crippen molar-refractivity contribution in [2.24, 2.45) is 0 Å². The minimum Gasteiger partial charge on any atom is -0.436 e. The molecule has 4 aromatic rings. The Morgan fingerprint density at radius 3 is 2.59 bits per heavy atom. The molecule has 0 unspecified atom stereocenters. The Hall–Kier alpha value is -2.89. The number of hydrogen-bond donors (Lipinski definition) is 1. The van der Waals surface area contributed by atoms with Gasteiger partial charge in [0.25, 0.3) is 5.91 Å². The van der Waals surface area contributed by atoms with Gasteiger partial charge in [0, 0.05) is 26.3 Å². The summed E-state index contributed by atoms with van der Waals surface area (Å²) in [5.41, 5.74) is 3.47. The maximum absolute atomic E-state index is 13.0. The molecule has 4 rings (SSSR count). The molecule has 3 aromatic carbocycles. The highest BCUT2D eigenvalue weighted by Gasteiger charge is 2.18. The average molecular weight is 468 g/mol. The molecule has 1 N–H and O–H groups in total. The van der Waals surface area contributed by atoms with Crippen LogP contribution in [0.2, 0.25) is 5.02 Å². The summed E-state index contributed by atoms with van der Waals surface area (Å²) in [6.07, 6.45) is 1.66. The molecular weight excluding hydrogens is 452 g/mol. The van der Waals surface area contributed by atoms with Gasteiger partial charge in [-0.2, -0.15) is 0 Å². The third-order valence-electron chi connectivity index (χ3n) is 4.55. The number of nitrogens with zero attached hydrogens (tertiary/aromatic N) is 1. The van der Waals surface area contributed by atoms with Crippen molar-refractivity contribution < 1.29 is 9.21 Å². The summed E-state index contributed by atoms with van der Waals surface area (Å²) in [6.45, 7) is 1.86. The Morgan fingerprint density at radius 1 is 1.03 bits per heavy atom. The van der Waals surface area contributed by atoms with Crippen molar-refractivity contribution in [3.63, 3.8) is 0 Å². The predicted molar refractivity (Wildman–Crippen MR) is 119 cm³/mol. The van der Waals surface area contributed by atoms with Gasteiger partial charge in [0.2, 0.25) is 5.89 Å². The number of oxazole rings is 1. The average Bonchev–Trinajstić information content (AvgIpc) is 3.22. The van der Waals surface area contributed by atoms with Gasteiger partial charge in [0.15, 0.2) is 5.76 Å². The largest absolute Gasteiger partial charge is 0.436 e. The van der Waals surface area contributed by atoms with Crippen molar-refractivity contribution in [1.29, 1.82) is 0 Å². The zero-order chi connectivity index (χ0) is 20.4. The molecule has 1 aromatic heterocycles. The van der Waals surface area contributed by atoms with E-state index in [0.29, 0.717) is 33.5 Å². The first-order chi connectivity index (χ1) is 14.0. The molecule has 0 aliphatic rings. The van der Waals surface area contributed by atoms with Crippen LogP contribution >= 0.6 is 27.5 Å². The van der Waals surface area contributed by atoms with Gasteiger partial charge in [0.1, 0.15) is 0 Å². The fourth-order valence-electron chi connectivity index (χ4n) is 2.95. The number of amides is 1. The highest BCUT2D eigenvalue weighted by molar-refractivity contribution is 9.10. The second-order valence-corrected chi connectivity index (χ2v) is 7.77. The third-order valence-corrected chi connectivity index (χ3v) is 5.49. The van der Waals surface area contributed by atoms with E-state index >= 15 is 0 Å². The van der Waals surface area contributed by atoms with Crippen molar-refractivity contribution in [1.82, 2.24) is 4.98 Å². The number of aromatic nitrogens is 1. The van der Waals surface area contributed by atoms with Crippen LogP contribution in [0.3, 0.4) is 0 Å². The number of benzene rings is 3. The van der Waals surface area contributed by atoms with Crippen LogP contribution in [0.5, 0.6) is 0 Å². The molecule has 6 heteroatoms. The molecule has 1 amide bonds. The van der Waals surface area contributed by atoms with E-state index in [9.17, 15) is 4.79 Å². The molecule has 0 aliphatic carbocycles. The summed E-state index contributed by atoms with van der Waals surface area (Å²) in [6, 6.07) is 20.4. The van der Waals surface area contributed by atoms with Gasteiger partial charge in [-0.25, -0.2) is 4.98 Å². The van der Waals surface area contributed by atoms with Gasteiger partial charge in [-0.1, -0.05) is 57.9 Å². The summed E-state index contributed by atoms with van der Waals surface area (Å²) in [7, 11) is 0. The number of nitrogens with one attached hydrogen (secondary N) is 1.